The van der Waals surface area contributed by atoms with E-state index in [0.717, 1.165) is 5.56 Å². The van der Waals surface area contributed by atoms with Crippen molar-refractivity contribution in [3.05, 3.63) is 28.8 Å². The number of ether oxygens (including phenoxy) is 2. The third-order valence-corrected chi connectivity index (χ3v) is 2.59. The van der Waals surface area contributed by atoms with Gasteiger partial charge in [0, 0.05) is 19.6 Å². The Hall–Kier alpha value is -0.770. The van der Waals surface area contributed by atoms with E-state index < -0.39 is 0 Å². The van der Waals surface area contributed by atoms with Crippen LogP contribution in [-0.2, 0) is 4.74 Å². The van der Waals surface area contributed by atoms with E-state index in [-0.39, 0.29) is 5.92 Å². The van der Waals surface area contributed by atoms with Crippen LogP contribution in [0.2, 0.25) is 5.02 Å². The summed E-state index contributed by atoms with van der Waals surface area (Å²) in [6.45, 7) is 1.13. The first-order chi connectivity index (χ1) is 7.22. The van der Waals surface area contributed by atoms with Gasteiger partial charge in [0.15, 0.2) is 0 Å². The van der Waals surface area contributed by atoms with Crippen LogP contribution in [0, 0.1) is 0 Å². The van der Waals surface area contributed by atoms with Gasteiger partial charge < -0.3 is 15.2 Å². The van der Waals surface area contributed by atoms with Crippen molar-refractivity contribution in [3.8, 4) is 5.75 Å². The maximum atomic E-state index is 6.02. The van der Waals surface area contributed by atoms with Crippen LogP contribution in [0.1, 0.15) is 11.5 Å². The van der Waals surface area contributed by atoms with E-state index in [1.165, 1.54) is 0 Å². The molecule has 1 unspecified atom stereocenters. The molecule has 0 bridgehead atoms. The van der Waals surface area contributed by atoms with Crippen molar-refractivity contribution < 1.29 is 9.47 Å². The second-order valence-corrected chi connectivity index (χ2v) is 3.69. The van der Waals surface area contributed by atoms with Gasteiger partial charge in [-0.3, -0.25) is 0 Å². The molecule has 0 aliphatic heterocycles. The van der Waals surface area contributed by atoms with Crippen molar-refractivity contribution >= 4 is 11.6 Å². The minimum atomic E-state index is 0.179. The van der Waals surface area contributed by atoms with E-state index in [2.05, 4.69) is 0 Å². The van der Waals surface area contributed by atoms with Crippen LogP contribution in [0.5, 0.6) is 5.75 Å². The van der Waals surface area contributed by atoms with Gasteiger partial charge in [-0.2, -0.15) is 0 Å². The van der Waals surface area contributed by atoms with Crippen LogP contribution in [0.15, 0.2) is 18.2 Å². The molecule has 0 amide bonds. The molecule has 0 saturated heterocycles. The minimum absolute atomic E-state index is 0.179. The van der Waals surface area contributed by atoms with Crippen molar-refractivity contribution in [2.24, 2.45) is 5.73 Å². The van der Waals surface area contributed by atoms with Crippen molar-refractivity contribution in [2.45, 2.75) is 5.92 Å². The fraction of sp³-hybridized carbons (Fsp3) is 0.455. The zero-order valence-corrected chi connectivity index (χ0v) is 9.75. The molecular weight excluding hydrogens is 214 g/mol. The highest BCUT2D eigenvalue weighted by atomic mass is 35.5. The molecule has 1 atom stereocenters. The topological polar surface area (TPSA) is 44.5 Å². The molecule has 3 nitrogen and oxygen atoms in total. The van der Waals surface area contributed by atoms with Gasteiger partial charge in [0.1, 0.15) is 5.75 Å². The molecule has 4 heteroatoms. The molecule has 1 aromatic rings. The van der Waals surface area contributed by atoms with E-state index in [9.17, 15) is 0 Å². The van der Waals surface area contributed by atoms with E-state index in [4.69, 9.17) is 26.8 Å². The predicted molar refractivity (Wildman–Crippen MR) is 61.7 cm³/mol. The van der Waals surface area contributed by atoms with E-state index in [1.807, 2.05) is 18.2 Å². The third kappa shape index (κ3) is 3.09. The minimum Gasteiger partial charge on any atom is -0.495 e. The molecular formula is C11H16ClNO2. The van der Waals surface area contributed by atoms with Crippen LogP contribution in [0.3, 0.4) is 0 Å². The van der Waals surface area contributed by atoms with Crippen LogP contribution >= 0.6 is 11.6 Å². The number of halogens is 1. The van der Waals surface area contributed by atoms with Gasteiger partial charge in [0.25, 0.3) is 0 Å². The molecule has 15 heavy (non-hydrogen) atoms. The fourth-order valence-corrected chi connectivity index (χ4v) is 1.70. The zero-order valence-electron chi connectivity index (χ0n) is 9.00. The first-order valence-corrected chi connectivity index (χ1v) is 5.13. The summed E-state index contributed by atoms with van der Waals surface area (Å²) in [4.78, 5) is 0. The Morgan fingerprint density at radius 3 is 2.60 bits per heavy atom. The van der Waals surface area contributed by atoms with Gasteiger partial charge in [-0.1, -0.05) is 17.7 Å². The lowest BCUT2D eigenvalue weighted by atomic mass is 10.0. The normalized spacial score (nSPS) is 12.5. The number of hydrogen-bond acceptors (Lipinski definition) is 3. The van der Waals surface area contributed by atoms with Crippen LogP contribution in [0.25, 0.3) is 0 Å². The number of hydrogen-bond donors (Lipinski definition) is 1. The average molecular weight is 230 g/mol. The summed E-state index contributed by atoms with van der Waals surface area (Å²) in [5.41, 5.74) is 6.73. The second-order valence-electron chi connectivity index (χ2n) is 3.28. The summed E-state index contributed by atoms with van der Waals surface area (Å²) < 4.78 is 10.2. The summed E-state index contributed by atoms with van der Waals surface area (Å²) in [5, 5.41) is 0.601. The molecule has 0 fully saturated rings. The maximum Gasteiger partial charge on any atom is 0.137 e. The third-order valence-electron chi connectivity index (χ3n) is 2.30. The van der Waals surface area contributed by atoms with Gasteiger partial charge in [0.2, 0.25) is 0 Å². The fourth-order valence-electron chi connectivity index (χ4n) is 1.44. The standard InChI is InChI=1S/C11H16ClNO2/c1-14-7-9(6-13)8-3-4-11(15-2)10(12)5-8/h3-5,9H,6-7,13H2,1-2H3. The number of methoxy groups -OCH3 is 2. The highest BCUT2D eigenvalue weighted by Crippen LogP contribution is 2.28. The molecule has 84 valence electrons. The summed E-state index contributed by atoms with van der Waals surface area (Å²) in [5.74, 6) is 0.854. The summed E-state index contributed by atoms with van der Waals surface area (Å²) in [6, 6.07) is 5.67. The number of rotatable bonds is 5. The van der Waals surface area contributed by atoms with Crippen LogP contribution < -0.4 is 10.5 Å². The Labute approximate surface area is 95.1 Å². The molecule has 0 saturated carbocycles. The van der Waals surface area contributed by atoms with Gasteiger partial charge in [-0.05, 0) is 17.7 Å². The van der Waals surface area contributed by atoms with Crippen molar-refractivity contribution in [1.29, 1.82) is 0 Å². The maximum absolute atomic E-state index is 6.02. The molecule has 2 N–H and O–H groups in total. The molecule has 0 aromatic heterocycles. The van der Waals surface area contributed by atoms with Crippen molar-refractivity contribution in [3.63, 3.8) is 0 Å². The molecule has 0 aliphatic rings. The van der Waals surface area contributed by atoms with Gasteiger partial charge >= 0.3 is 0 Å². The largest absolute Gasteiger partial charge is 0.495 e. The quantitative estimate of drug-likeness (QED) is 0.841. The molecule has 1 aromatic carbocycles. The second kappa shape index (κ2) is 5.95. The predicted octanol–water partition coefficient (Wildman–Crippen LogP) is 2.04. The highest BCUT2D eigenvalue weighted by Gasteiger charge is 2.11. The zero-order chi connectivity index (χ0) is 11.3. The van der Waals surface area contributed by atoms with Crippen molar-refractivity contribution in [2.75, 3.05) is 27.4 Å². The average Bonchev–Trinajstić information content (AvgIpc) is 2.25. The Balaban J connectivity index is 2.89. The molecule has 0 aliphatic carbocycles. The Kier molecular flexibility index (Phi) is 4.88. The Morgan fingerprint density at radius 2 is 2.13 bits per heavy atom. The highest BCUT2D eigenvalue weighted by molar-refractivity contribution is 6.32. The molecule has 1 rings (SSSR count). The molecule has 0 heterocycles. The Morgan fingerprint density at radius 1 is 1.40 bits per heavy atom. The molecule has 0 spiro atoms. The van der Waals surface area contributed by atoms with E-state index in [0.29, 0.717) is 23.9 Å². The lowest BCUT2D eigenvalue weighted by Gasteiger charge is -2.15. The monoisotopic (exact) mass is 229 g/mol. The van der Waals surface area contributed by atoms with Gasteiger partial charge in [0.05, 0.1) is 18.7 Å². The van der Waals surface area contributed by atoms with Crippen LogP contribution in [-0.4, -0.2) is 27.4 Å². The van der Waals surface area contributed by atoms with Crippen molar-refractivity contribution in [1.82, 2.24) is 0 Å². The SMILES string of the molecule is COCC(CN)c1ccc(OC)c(Cl)c1. The lowest BCUT2D eigenvalue weighted by molar-refractivity contribution is 0.181. The Bertz CT molecular complexity index is 317. The summed E-state index contributed by atoms with van der Waals surface area (Å²) >= 11 is 6.02. The first-order valence-electron chi connectivity index (χ1n) is 4.75. The van der Waals surface area contributed by atoms with Crippen LogP contribution in [0.4, 0.5) is 0 Å². The number of nitrogens with two attached hydrogens (primary N) is 1. The lowest BCUT2D eigenvalue weighted by Crippen LogP contribution is -2.17. The van der Waals surface area contributed by atoms with Gasteiger partial charge in [-0.15, -0.1) is 0 Å². The summed E-state index contributed by atoms with van der Waals surface area (Å²) in [7, 11) is 3.25. The molecule has 0 radical (unpaired) electrons. The van der Waals surface area contributed by atoms with E-state index in [1.54, 1.807) is 14.2 Å². The van der Waals surface area contributed by atoms with E-state index >= 15 is 0 Å². The van der Waals surface area contributed by atoms with Gasteiger partial charge in [-0.25, -0.2) is 0 Å². The first kappa shape index (κ1) is 12.3. The number of benzene rings is 1. The summed E-state index contributed by atoms with van der Waals surface area (Å²) in [6.07, 6.45) is 0. The smallest absolute Gasteiger partial charge is 0.137 e.